The van der Waals surface area contributed by atoms with Gasteiger partial charge in [-0.25, -0.2) is 0 Å². The van der Waals surface area contributed by atoms with Crippen LogP contribution in [0.5, 0.6) is 0 Å². The second-order valence-electron chi connectivity index (χ2n) is 3.62. The van der Waals surface area contributed by atoms with E-state index in [0.717, 1.165) is 12.2 Å². The number of aromatic nitrogens is 2. The van der Waals surface area contributed by atoms with Crippen LogP contribution in [0.1, 0.15) is 40.0 Å². The minimum atomic E-state index is 0.592. The summed E-state index contributed by atoms with van der Waals surface area (Å²) in [5.74, 6) is 0. The van der Waals surface area contributed by atoms with Gasteiger partial charge in [-0.15, -0.1) is 0 Å². The SMILES string of the molecule is CCCC(CC)Nc1cnn(CC)c1. The molecule has 1 atom stereocenters. The molecule has 0 fully saturated rings. The number of rotatable bonds is 6. The normalized spacial score (nSPS) is 12.8. The van der Waals surface area contributed by atoms with Crippen molar-refractivity contribution in [3.63, 3.8) is 0 Å². The Hall–Kier alpha value is -0.990. The van der Waals surface area contributed by atoms with Crippen LogP contribution in [-0.2, 0) is 6.54 Å². The van der Waals surface area contributed by atoms with Crippen molar-refractivity contribution >= 4 is 5.69 Å². The summed E-state index contributed by atoms with van der Waals surface area (Å²) in [6.07, 6.45) is 7.60. The Morgan fingerprint density at radius 3 is 2.71 bits per heavy atom. The van der Waals surface area contributed by atoms with E-state index >= 15 is 0 Å². The molecule has 0 aromatic carbocycles. The molecule has 1 heterocycles. The van der Waals surface area contributed by atoms with Crippen LogP contribution in [0.25, 0.3) is 0 Å². The van der Waals surface area contributed by atoms with Crippen LogP contribution in [0, 0.1) is 0 Å². The zero-order valence-corrected chi connectivity index (χ0v) is 9.45. The molecular formula is C11H21N3. The molecule has 1 aromatic heterocycles. The van der Waals surface area contributed by atoms with Crippen molar-refractivity contribution in [2.24, 2.45) is 0 Å². The maximum absolute atomic E-state index is 4.24. The molecule has 0 bridgehead atoms. The van der Waals surface area contributed by atoms with E-state index in [2.05, 4.69) is 37.4 Å². The molecule has 14 heavy (non-hydrogen) atoms. The Labute approximate surface area is 86.5 Å². The molecule has 0 spiro atoms. The van der Waals surface area contributed by atoms with Crippen molar-refractivity contribution in [2.45, 2.75) is 52.6 Å². The Morgan fingerprint density at radius 1 is 1.43 bits per heavy atom. The van der Waals surface area contributed by atoms with Crippen molar-refractivity contribution in [3.8, 4) is 0 Å². The molecule has 0 saturated heterocycles. The lowest BCUT2D eigenvalue weighted by Crippen LogP contribution is -2.17. The van der Waals surface area contributed by atoms with Crippen LogP contribution in [0.15, 0.2) is 12.4 Å². The summed E-state index contributed by atoms with van der Waals surface area (Å²) >= 11 is 0. The molecule has 0 aliphatic rings. The van der Waals surface area contributed by atoms with E-state index in [-0.39, 0.29) is 0 Å². The minimum Gasteiger partial charge on any atom is -0.380 e. The quantitative estimate of drug-likeness (QED) is 0.756. The van der Waals surface area contributed by atoms with Gasteiger partial charge in [-0.1, -0.05) is 20.3 Å². The maximum Gasteiger partial charge on any atom is 0.0728 e. The molecule has 1 aromatic rings. The number of anilines is 1. The van der Waals surface area contributed by atoms with Gasteiger partial charge >= 0.3 is 0 Å². The summed E-state index contributed by atoms with van der Waals surface area (Å²) in [4.78, 5) is 0. The van der Waals surface area contributed by atoms with Crippen LogP contribution in [-0.4, -0.2) is 15.8 Å². The van der Waals surface area contributed by atoms with Crippen molar-refractivity contribution in [1.82, 2.24) is 9.78 Å². The highest BCUT2D eigenvalue weighted by molar-refractivity contribution is 5.39. The molecule has 3 heteroatoms. The highest BCUT2D eigenvalue weighted by Gasteiger charge is 2.05. The number of hydrogen-bond donors (Lipinski definition) is 1. The number of hydrogen-bond acceptors (Lipinski definition) is 2. The largest absolute Gasteiger partial charge is 0.380 e. The van der Waals surface area contributed by atoms with Gasteiger partial charge in [0.25, 0.3) is 0 Å². The van der Waals surface area contributed by atoms with E-state index in [1.165, 1.54) is 19.3 Å². The molecule has 1 N–H and O–H groups in total. The van der Waals surface area contributed by atoms with Crippen LogP contribution in [0.4, 0.5) is 5.69 Å². The van der Waals surface area contributed by atoms with Crippen molar-refractivity contribution in [2.75, 3.05) is 5.32 Å². The minimum absolute atomic E-state index is 0.592. The van der Waals surface area contributed by atoms with Gasteiger partial charge in [-0.2, -0.15) is 5.10 Å². The number of aryl methyl sites for hydroxylation is 1. The summed E-state index contributed by atoms with van der Waals surface area (Å²) in [6, 6.07) is 0.592. The molecule has 0 saturated carbocycles. The predicted octanol–water partition coefficient (Wildman–Crippen LogP) is 2.89. The van der Waals surface area contributed by atoms with E-state index in [1.54, 1.807) is 0 Å². The molecule has 3 nitrogen and oxygen atoms in total. The van der Waals surface area contributed by atoms with Gasteiger partial charge in [0.05, 0.1) is 11.9 Å². The van der Waals surface area contributed by atoms with Gasteiger partial charge in [0.1, 0.15) is 0 Å². The highest BCUT2D eigenvalue weighted by atomic mass is 15.3. The summed E-state index contributed by atoms with van der Waals surface area (Å²) in [7, 11) is 0. The molecule has 1 unspecified atom stereocenters. The standard InChI is InChI=1S/C11H21N3/c1-4-7-10(5-2)13-11-8-12-14(6-3)9-11/h8-10,13H,4-7H2,1-3H3. The lowest BCUT2D eigenvalue weighted by molar-refractivity contribution is 0.622. The number of nitrogens with zero attached hydrogens (tertiary/aromatic N) is 2. The first-order chi connectivity index (χ1) is 6.80. The van der Waals surface area contributed by atoms with Gasteiger partial charge < -0.3 is 5.32 Å². The molecule has 80 valence electrons. The molecule has 0 radical (unpaired) electrons. The van der Waals surface area contributed by atoms with Gasteiger partial charge in [-0.05, 0) is 19.8 Å². The summed E-state index contributed by atoms with van der Waals surface area (Å²) < 4.78 is 1.95. The second-order valence-corrected chi connectivity index (χ2v) is 3.62. The van der Waals surface area contributed by atoms with Gasteiger partial charge in [0.2, 0.25) is 0 Å². The summed E-state index contributed by atoms with van der Waals surface area (Å²) in [5.41, 5.74) is 1.15. The highest BCUT2D eigenvalue weighted by Crippen LogP contribution is 2.11. The van der Waals surface area contributed by atoms with Crippen LogP contribution in [0.2, 0.25) is 0 Å². The fourth-order valence-electron chi connectivity index (χ4n) is 1.57. The van der Waals surface area contributed by atoms with E-state index in [0.29, 0.717) is 6.04 Å². The average molecular weight is 195 g/mol. The third kappa shape index (κ3) is 3.05. The van der Waals surface area contributed by atoms with E-state index in [1.807, 2.05) is 10.9 Å². The maximum atomic E-state index is 4.24. The van der Waals surface area contributed by atoms with E-state index in [9.17, 15) is 0 Å². The lowest BCUT2D eigenvalue weighted by atomic mass is 10.1. The van der Waals surface area contributed by atoms with E-state index in [4.69, 9.17) is 0 Å². The first kappa shape index (κ1) is 11.1. The fraction of sp³-hybridized carbons (Fsp3) is 0.727. The van der Waals surface area contributed by atoms with Crippen molar-refractivity contribution in [1.29, 1.82) is 0 Å². The average Bonchev–Trinajstić information content (AvgIpc) is 2.65. The first-order valence-electron chi connectivity index (χ1n) is 5.59. The monoisotopic (exact) mass is 195 g/mol. The summed E-state index contributed by atoms with van der Waals surface area (Å²) in [5, 5.41) is 7.74. The van der Waals surface area contributed by atoms with E-state index < -0.39 is 0 Å². The third-order valence-corrected chi connectivity index (χ3v) is 2.46. The zero-order chi connectivity index (χ0) is 10.4. The molecule has 0 aliphatic carbocycles. The van der Waals surface area contributed by atoms with Crippen LogP contribution < -0.4 is 5.32 Å². The zero-order valence-electron chi connectivity index (χ0n) is 9.45. The first-order valence-corrected chi connectivity index (χ1v) is 5.59. The van der Waals surface area contributed by atoms with Crippen molar-refractivity contribution in [3.05, 3.63) is 12.4 Å². The Bertz CT molecular complexity index is 255. The second kappa shape index (κ2) is 5.68. The van der Waals surface area contributed by atoms with Gasteiger partial charge in [-0.3, -0.25) is 4.68 Å². The Kier molecular flexibility index (Phi) is 4.50. The predicted molar refractivity (Wildman–Crippen MR) is 60.5 cm³/mol. The van der Waals surface area contributed by atoms with Gasteiger partial charge in [0.15, 0.2) is 0 Å². The lowest BCUT2D eigenvalue weighted by Gasteiger charge is -2.15. The fourth-order valence-corrected chi connectivity index (χ4v) is 1.57. The molecule has 1 rings (SSSR count). The van der Waals surface area contributed by atoms with Crippen LogP contribution in [0.3, 0.4) is 0 Å². The third-order valence-electron chi connectivity index (χ3n) is 2.46. The number of nitrogens with one attached hydrogen (secondary N) is 1. The summed E-state index contributed by atoms with van der Waals surface area (Å²) in [6.45, 7) is 7.48. The molecule has 0 aliphatic heterocycles. The molecular weight excluding hydrogens is 174 g/mol. The van der Waals surface area contributed by atoms with Crippen LogP contribution >= 0.6 is 0 Å². The van der Waals surface area contributed by atoms with Gasteiger partial charge in [0, 0.05) is 18.8 Å². The smallest absolute Gasteiger partial charge is 0.0728 e. The Morgan fingerprint density at radius 2 is 2.21 bits per heavy atom. The van der Waals surface area contributed by atoms with Crippen molar-refractivity contribution < 1.29 is 0 Å². The Balaban J connectivity index is 2.48. The molecule has 0 amide bonds. The topological polar surface area (TPSA) is 29.9 Å².